The standard InChI is InChI=1S/C16H16ClN3O2/c1-2-8-19-15(21)11-7-9-18-14(10-11)16(22)20-13-6-4-3-5-12(13)17/h3-7,9-10H,2,8H2,1H3,(H,19,21)(H,20,22). The van der Waals surface area contributed by atoms with Gasteiger partial charge in [-0.05, 0) is 30.7 Å². The highest BCUT2D eigenvalue weighted by molar-refractivity contribution is 6.33. The molecule has 22 heavy (non-hydrogen) atoms. The molecule has 2 aromatic rings. The molecule has 114 valence electrons. The highest BCUT2D eigenvalue weighted by Crippen LogP contribution is 2.21. The fourth-order valence-corrected chi connectivity index (χ4v) is 1.97. The number of para-hydroxylation sites is 1. The number of aromatic nitrogens is 1. The first-order valence-corrected chi connectivity index (χ1v) is 7.29. The number of halogens is 1. The molecule has 2 rings (SSSR count). The summed E-state index contributed by atoms with van der Waals surface area (Å²) in [7, 11) is 0. The zero-order chi connectivity index (χ0) is 15.9. The minimum atomic E-state index is -0.418. The van der Waals surface area contributed by atoms with Crippen molar-refractivity contribution in [3.8, 4) is 0 Å². The molecule has 0 bridgehead atoms. The summed E-state index contributed by atoms with van der Waals surface area (Å²) >= 11 is 6.00. The van der Waals surface area contributed by atoms with Crippen molar-refractivity contribution in [1.82, 2.24) is 10.3 Å². The molecular weight excluding hydrogens is 302 g/mol. The third kappa shape index (κ3) is 4.05. The summed E-state index contributed by atoms with van der Waals surface area (Å²) in [5.74, 6) is -0.644. The molecule has 0 radical (unpaired) electrons. The number of nitrogens with one attached hydrogen (secondary N) is 2. The van der Waals surface area contributed by atoms with Crippen molar-refractivity contribution in [2.24, 2.45) is 0 Å². The van der Waals surface area contributed by atoms with Crippen LogP contribution in [0.3, 0.4) is 0 Å². The van der Waals surface area contributed by atoms with E-state index in [1.165, 1.54) is 12.3 Å². The molecule has 0 saturated carbocycles. The lowest BCUT2D eigenvalue weighted by Crippen LogP contribution is -2.24. The van der Waals surface area contributed by atoms with Crippen molar-refractivity contribution in [2.45, 2.75) is 13.3 Å². The highest BCUT2D eigenvalue weighted by atomic mass is 35.5. The SMILES string of the molecule is CCCNC(=O)c1ccnc(C(=O)Nc2ccccc2Cl)c1. The summed E-state index contributed by atoms with van der Waals surface area (Å²) in [6, 6.07) is 9.93. The van der Waals surface area contributed by atoms with Crippen LogP contribution in [-0.4, -0.2) is 23.3 Å². The van der Waals surface area contributed by atoms with Crippen molar-refractivity contribution in [3.63, 3.8) is 0 Å². The van der Waals surface area contributed by atoms with Crippen molar-refractivity contribution in [3.05, 3.63) is 58.9 Å². The molecule has 2 amide bonds. The predicted molar refractivity (Wildman–Crippen MR) is 86.3 cm³/mol. The first-order valence-electron chi connectivity index (χ1n) is 6.92. The Morgan fingerprint density at radius 2 is 1.95 bits per heavy atom. The van der Waals surface area contributed by atoms with E-state index in [0.29, 0.717) is 22.8 Å². The van der Waals surface area contributed by atoms with E-state index in [2.05, 4.69) is 15.6 Å². The Morgan fingerprint density at radius 3 is 2.68 bits per heavy atom. The van der Waals surface area contributed by atoms with Crippen LogP contribution in [0.15, 0.2) is 42.6 Å². The van der Waals surface area contributed by atoms with Crippen LogP contribution in [0.25, 0.3) is 0 Å². The second-order valence-corrected chi connectivity index (χ2v) is 5.03. The average Bonchev–Trinajstić information content (AvgIpc) is 2.54. The van der Waals surface area contributed by atoms with Gasteiger partial charge in [0.1, 0.15) is 5.69 Å². The Kier molecular flexibility index (Phi) is 5.49. The molecule has 1 aromatic heterocycles. The fraction of sp³-hybridized carbons (Fsp3) is 0.188. The Hall–Kier alpha value is -2.40. The molecule has 0 aliphatic carbocycles. The van der Waals surface area contributed by atoms with Gasteiger partial charge in [0.2, 0.25) is 0 Å². The fourth-order valence-electron chi connectivity index (χ4n) is 1.79. The lowest BCUT2D eigenvalue weighted by molar-refractivity contribution is 0.0953. The van der Waals surface area contributed by atoms with Crippen molar-refractivity contribution in [1.29, 1.82) is 0 Å². The summed E-state index contributed by atoms with van der Waals surface area (Å²) in [5, 5.41) is 5.86. The third-order valence-electron chi connectivity index (χ3n) is 2.91. The van der Waals surface area contributed by atoms with E-state index < -0.39 is 5.91 Å². The van der Waals surface area contributed by atoms with Gasteiger partial charge in [-0.3, -0.25) is 14.6 Å². The van der Waals surface area contributed by atoms with Crippen LogP contribution in [0, 0.1) is 0 Å². The molecule has 0 aliphatic rings. The van der Waals surface area contributed by atoms with Gasteiger partial charge in [0, 0.05) is 18.3 Å². The lowest BCUT2D eigenvalue weighted by Gasteiger charge is -2.08. The molecule has 0 fully saturated rings. The first kappa shape index (κ1) is 16.0. The molecule has 1 heterocycles. The highest BCUT2D eigenvalue weighted by Gasteiger charge is 2.12. The van der Waals surface area contributed by atoms with E-state index in [1.807, 2.05) is 6.92 Å². The minimum absolute atomic E-state index is 0.157. The quantitative estimate of drug-likeness (QED) is 0.890. The van der Waals surface area contributed by atoms with E-state index in [0.717, 1.165) is 6.42 Å². The average molecular weight is 318 g/mol. The van der Waals surface area contributed by atoms with Crippen molar-refractivity contribution >= 4 is 29.1 Å². The number of pyridine rings is 1. The molecule has 0 atom stereocenters. The van der Waals surface area contributed by atoms with Crippen LogP contribution in [0.4, 0.5) is 5.69 Å². The minimum Gasteiger partial charge on any atom is -0.352 e. The van der Waals surface area contributed by atoms with Crippen molar-refractivity contribution < 1.29 is 9.59 Å². The van der Waals surface area contributed by atoms with Gasteiger partial charge < -0.3 is 10.6 Å². The van der Waals surface area contributed by atoms with E-state index in [-0.39, 0.29) is 11.6 Å². The molecule has 0 saturated heterocycles. The van der Waals surface area contributed by atoms with Gasteiger partial charge in [-0.1, -0.05) is 30.7 Å². The van der Waals surface area contributed by atoms with Crippen LogP contribution in [0.5, 0.6) is 0 Å². The normalized spacial score (nSPS) is 10.1. The Morgan fingerprint density at radius 1 is 1.18 bits per heavy atom. The summed E-state index contributed by atoms with van der Waals surface area (Å²) < 4.78 is 0. The van der Waals surface area contributed by atoms with Gasteiger partial charge in [-0.2, -0.15) is 0 Å². The number of nitrogens with zero attached hydrogens (tertiary/aromatic N) is 1. The van der Waals surface area contributed by atoms with Crippen LogP contribution in [0.1, 0.15) is 34.2 Å². The summed E-state index contributed by atoms with van der Waals surface area (Å²) in [6.45, 7) is 2.55. The van der Waals surface area contributed by atoms with Gasteiger partial charge in [-0.25, -0.2) is 0 Å². The zero-order valence-corrected chi connectivity index (χ0v) is 12.9. The third-order valence-corrected chi connectivity index (χ3v) is 3.24. The van der Waals surface area contributed by atoms with Crippen LogP contribution < -0.4 is 10.6 Å². The number of benzene rings is 1. The lowest BCUT2D eigenvalue weighted by atomic mass is 10.2. The van der Waals surface area contributed by atoms with E-state index in [1.54, 1.807) is 30.3 Å². The second kappa shape index (κ2) is 7.56. The van der Waals surface area contributed by atoms with Gasteiger partial charge in [-0.15, -0.1) is 0 Å². The molecule has 6 heteroatoms. The molecular formula is C16H16ClN3O2. The molecule has 0 unspecified atom stereocenters. The number of anilines is 1. The second-order valence-electron chi connectivity index (χ2n) is 4.62. The van der Waals surface area contributed by atoms with E-state index in [4.69, 9.17) is 11.6 Å². The molecule has 2 N–H and O–H groups in total. The summed E-state index contributed by atoms with van der Waals surface area (Å²) in [5.41, 5.74) is 1.05. The number of rotatable bonds is 5. The Balaban J connectivity index is 2.13. The number of hydrogen-bond donors (Lipinski definition) is 2. The molecule has 5 nitrogen and oxygen atoms in total. The number of carbonyl (C=O) groups excluding carboxylic acids is 2. The maximum atomic E-state index is 12.2. The summed E-state index contributed by atoms with van der Waals surface area (Å²) in [6.07, 6.45) is 2.28. The van der Waals surface area contributed by atoms with Gasteiger partial charge >= 0.3 is 0 Å². The number of amides is 2. The van der Waals surface area contributed by atoms with Crippen molar-refractivity contribution in [2.75, 3.05) is 11.9 Å². The van der Waals surface area contributed by atoms with Gasteiger partial charge in [0.25, 0.3) is 11.8 Å². The topological polar surface area (TPSA) is 71.1 Å². The molecule has 0 aliphatic heterocycles. The number of hydrogen-bond acceptors (Lipinski definition) is 3. The van der Waals surface area contributed by atoms with Crippen LogP contribution in [-0.2, 0) is 0 Å². The smallest absolute Gasteiger partial charge is 0.274 e. The van der Waals surface area contributed by atoms with E-state index in [9.17, 15) is 9.59 Å². The Bertz CT molecular complexity index is 689. The molecule has 0 spiro atoms. The maximum Gasteiger partial charge on any atom is 0.274 e. The molecule has 1 aromatic carbocycles. The van der Waals surface area contributed by atoms with E-state index >= 15 is 0 Å². The first-order chi connectivity index (χ1) is 10.6. The van der Waals surface area contributed by atoms with Gasteiger partial charge in [0.05, 0.1) is 10.7 Å². The maximum absolute atomic E-state index is 12.2. The van der Waals surface area contributed by atoms with Gasteiger partial charge in [0.15, 0.2) is 0 Å². The van der Waals surface area contributed by atoms with Crippen LogP contribution in [0.2, 0.25) is 5.02 Å². The largest absolute Gasteiger partial charge is 0.352 e. The summed E-state index contributed by atoms with van der Waals surface area (Å²) in [4.78, 5) is 28.1. The van der Waals surface area contributed by atoms with Crippen LogP contribution >= 0.6 is 11.6 Å². The monoisotopic (exact) mass is 317 g/mol. The number of carbonyl (C=O) groups is 2. The predicted octanol–water partition coefficient (Wildman–Crippen LogP) is 3.13. The Labute approximate surface area is 133 Å². The zero-order valence-electron chi connectivity index (χ0n) is 12.1.